The maximum absolute atomic E-state index is 11.5. The van der Waals surface area contributed by atoms with Crippen LogP contribution in [0.1, 0.15) is 31.9 Å². The lowest BCUT2D eigenvalue weighted by Gasteiger charge is -2.19. The van der Waals surface area contributed by atoms with Gasteiger partial charge >= 0.3 is 6.09 Å². The molecule has 19 heavy (non-hydrogen) atoms. The Balaban J connectivity index is 2.55. The Hall–Kier alpha value is -0.620. The standard InChI is InChI=1S/C13H18Br2N2O2/c1-8-7-17-11(15)9(10(8)14)5-6-16-12(18)19-13(2,3)4/h7H,5-6H2,1-4H3,(H,16,18). The van der Waals surface area contributed by atoms with Gasteiger partial charge in [-0.3, -0.25) is 0 Å². The number of amides is 1. The van der Waals surface area contributed by atoms with Crippen molar-refractivity contribution in [1.29, 1.82) is 0 Å². The van der Waals surface area contributed by atoms with Crippen LogP contribution >= 0.6 is 31.9 Å². The first-order chi connectivity index (χ1) is 8.70. The molecule has 1 heterocycles. The van der Waals surface area contributed by atoms with Crippen LogP contribution in [0, 0.1) is 6.92 Å². The van der Waals surface area contributed by atoms with Gasteiger partial charge in [0.15, 0.2) is 0 Å². The summed E-state index contributed by atoms with van der Waals surface area (Å²) in [6, 6.07) is 0. The molecule has 0 saturated heterocycles. The molecule has 0 radical (unpaired) electrons. The Labute approximate surface area is 130 Å². The van der Waals surface area contributed by atoms with Crippen molar-refractivity contribution in [2.45, 2.75) is 39.7 Å². The molecule has 0 aromatic carbocycles. The van der Waals surface area contributed by atoms with Crippen LogP contribution in [0.3, 0.4) is 0 Å². The predicted molar refractivity (Wildman–Crippen MR) is 82.3 cm³/mol. The molecule has 0 spiro atoms. The minimum atomic E-state index is -0.476. The molecule has 0 unspecified atom stereocenters. The molecule has 0 bridgehead atoms. The van der Waals surface area contributed by atoms with Crippen LogP contribution in [0.25, 0.3) is 0 Å². The highest BCUT2D eigenvalue weighted by Crippen LogP contribution is 2.26. The summed E-state index contributed by atoms with van der Waals surface area (Å²) in [5.41, 5.74) is 1.63. The molecule has 0 atom stereocenters. The molecule has 6 heteroatoms. The highest BCUT2D eigenvalue weighted by molar-refractivity contribution is 9.11. The smallest absolute Gasteiger partial charge is 0.407 e. The van der Waals surface area contributed by atoms with Gasteiger partial charge in [-0.05, 0) is 55.6 Å². The van der Waals surface area contributed by atoms with Gasteiger partial charge in [-0.1, -0.05) is 15.9 Å². The molecule has 0 aliphatic heterocycles. The summed E-state index contributed by atoms with van der Waals surface area (Å²) in [4.78, 5) is 15.8. The van der Waals surface area contributed by atoms with Crippen LogP contribution in [0.4, 0.5) is 4.79 Å². The number of nitrogens with zero attached hydrogens (tertiary/aromatic N) is 1. The van der Waals surface area contributed by atoms with Crippen LogP contribution < -0.4 is 5.32 Å². The third-order valence-electron chi connectivity index (χ3n) is 2.27. The van der Waals surface area contributed by atoms with E-state index in [9.17, 15) is 4.79 Å². The molecular formula is C13H18Br2N2O2. The van der Waals surface area contributed by atoms with E-state index < -0.39 is 11.7 Å². The Kier molecular flexibility index (Phi) is 5.80. The summed E-state index contributed by atoms with van der Waals surface area (Å²) in [6.07, 6.45) is 2.06. The Bertz CT molecular complexity index is 470. The second-order valence-corrected chi connectivity index (χ2v) is 6.75. The number of alkyl carbamates (subject to hydrolysis) is 1. The van der Waals surface area contributed by atoms with Crippen molar-refractivity contribution in [1.82, 2.24) is 10.3 Å². The first kappa shape index (κ1) is 16.4. The minimum absolute atomic E-state index is 0.402. The monoisotopic (exact) mass is 392 g/mol. The molecule has 1 rings (SSSR count). The molecule has 0 aliphatic carbocycles. The van der Waals surface area contributed by atoms with E-state index in [1.807, 2.05) is 27.7 Å². The van der Waals surface area contributed by atoms with Crippen LogP contribution in [-0.4, -0.2) is 23.2 Å². The average Bonchev–Trinajstić information content (AvgIpc) is 2.26. The van der Waals surface area contributed by atoms with Crippen LogP contribution in [0.15, 0.2) is 15.3 Å². The van der Waals surface area contributed by atoms with Crippen molar-refractivity contribution in [3.8, 4) is 0 Å². The van der Waals surface area contributed by atoms with Crippen molar-refractivity contribution >= 4 is 38.0 Å². The van der Waals surface area contributed by atoms with Gasteiger partial charge in [0.1, 0.15) is 10.2 Å². The van der Waals surface area contributed by atoms with Gasteiger partial charge in [0.2, 0.25) is 0 Å². The largest absolute Gasteiger partial charge is 0.444 e. The number of hydrogen-bond acceptors (Lipinski definition) is 3. The van der Waals surface area contributed by atoms with E-state index in [1.165, 1.54) is 0 Å². The molecule has 106 valence electrons. The normalized spacial score (nSPS) is 11.3. The summed E-state index contributed by atoms with van der Waals surface area (Å²) in [7, 11) is 0. The second-order valence-electron chi connectivity index (χ2n) is 5.20. The summed E-state index contributed by atoms with van der Waals surface area (Å²) in [5, 5.41) is 2.73. The van der Waals surface area contributed by atoms with E-state index >= 15 is 0 Å². The molecule has 1 aromatic rings. The molecular weight excluding hydrogens is 376 g/mol. The van der Waals surface area contributed by atoms with E-state index in [1.54, 1.807) is 6.20 Å². The van der Waals surface area contributed by atoms with Crippen molar-refractivity contribution < 1.29 is 9.53 Å². The number of halogens is 2. The molecule has 1 amide bonds. The van der Waals surface area contributed by atoms with Crippen molar-refractivity contribution in [2.24, 2.45) is 0 Å². The number of ether oxygens (including phenoxy) is 1. The lowest BCUT2D eigenvalue weighted by Crippen LogP contribution is -2.33. The number of pyridine rings is 1. The summed E-state index contributed by atoms with van der Waals surface area (Å²) < 4.78 is 6.97. The summed E-state index contributed by atoms with van der Waals surface area (Å²) in [5.74, 6) is 0. The minimum Gasteiger partial charge on any atom is -0.444 e. The first-order valence-corrected chi connectivity index (χ1v) is 7.55. The van der Waals surface area contributed by atoms with Crippen molar-refractivity contribution in [2.75, 3.05) is 6.54 Å². The van der Waals surface area contributed by atoms with Gasteiger partial charge in [0.25, 0.3) is 0 Å². The van der Waals surface area contributed by atoms with E-state index in [-0.39, 0.29) is 0 Å². The van der Waals surface area contributed by atoms with Crippen LogP contribution in [0.5, 0.6) is 0 Å². The fourth-order valence-electron chi connectivity index (χ4n) is 1.43. The van der Waals surface area contributed by atoms with Gasteiger partial charge in [-0.2, -0.15) is 0 Å². The lowest BCUT2D eigenvalue weighted by atomic mass is 10.1. The Morgan fingerprint density at radius 1 is 1.42 bits per heavy atom. The molecule has 1 aromatic heterocycles. The number of carbonyl (C=O) groups excluding carboxylic acids is 1. The number of rotatable bonds is 3. The predicted octanol–water partition coefficient (Wildman–Crippen LogP) is 3.98. The zero-order chi connectivity index (χ0) is 14.6. The van der Waals surface area contributed by atoms with E-state index in [2.05, 4.69) is 42.2 Å². The van der Waals surface area contributed by atoms with Crippen LogP contribution in [0.2, 0.25) is 0 Å². The van der Waals surface area contributed by atoms with E-state index in [4.69, 9.17) is 4.74 Å². The number of aryl methyl sites for hydroxylation is 1. The zero-order valence-electron chi connectivity index (χ0n) is 11.5. The van der Waals surface area contributed by atoms with Crippen LogP contribution in [-0.2, 0) is 11.2 Å². The van der Waals surface area contributed by atoms with Gasteiger partial charge in [-0.15, -0.1) is 0 Å². The van der Waals surface area contributed by atoms with Gasteiger partial charge in [-0.25, -0.2) is 9.78 Å². The number of hydrogen-bond donors (Lipinski definition) is 1. The topological polar surface area (TPSA) is 51.2 Å². The maximum atomic E-state index is 11.5. The quantitative estimate of drug-likeness (QED) is 0.790. The average molecular weight is 394 g/mol. The molecule has 4 nitrogen and oxygen atoms in total. The third kappa shape index (κ3) is 5.48. The Morgan fingerprint density at radius 2 is 2.05 bits per heavy atom. The number of nitrogens with one attached hydrogen (secondary N) is 1. The molecule has 0 aliphatic rings. The number of aromatic nitrogens is 1. The third-order valence-corrected chi connectivity index (χ3v) is 4.06. The number of carbonyl (C=O) groups is 1. The van der Waals surface area contributed by atoms with E-state index in [0.717, 1.165) is 20.2 Å². The van der Waals surface area contributed by atoms with Crippen molar-refractivity contribution in [3.05, 3.63) is 26.4 Å². The lowest BCUT2D eigenvalue weighted by molar-refractivity contribution is 0.0528. The fraction of sp³-hybridized carbons (Fsp3) is 0.538. The van der Waals surface area contributed by atoms with Crippen molar-refractivity contribution in [3.63, 3.8) is 0 Å². The SMILES string of the molecule is Cc1cnc(Br)c(CCNC(=O)OC(C)(C)C)c1Br. The Morgan fingerprint density at radius 3 is 2.63 bits per heavy atom. The second kappa shape index (κ2) is 6.70. The summed E-state index contributed by atoms with van der Waals surface area (Å²) >= 11 is 6.95. The van der Waals surface area contributed by atoms with Gasteiger partial charge in [0, 0.05) is 22.8 Å². The first-order valence-electron chi connectivity index (χ1n) is 5.97. The van der Waals surface area contributed by atoms with E-state index in [0.29, 0.717) is 13.0 Å². The highest BCUT2D eigenvalue weighted by atomic mass is 79.9. The molecule has 0 saturated carbocycles. The summed E-state index contributed by atoms with van der Waals surface area (Å²) in [6.45, 7) is 7.99. The highest BCUT2D eigenvalue weighted by Gasteiger charge is 2.16. The fourth-order valence-corrected chi connectivity index (χ4v) is 2.69. The zero-order valence-corrected chi connectivity index (χ0v) is 14.7. The van der Waals surface area contributed by atoms with Gasteiger partial charge in [0.05, 0.1) is 0 Å². The molecule has 1 N–H and O–H groups in total. The molecule has 0 fully saturated rings. The van der Waals surface area contributed by atoms with Gasteiger partial charge < -0.3 is 10.1 Å². The maximum Gasteiger partial charge on any atom is 0.407 e.